The molecule has 5 nitrogen and oxygen atoms in total. The van der Waals surface area contributed by atoms with Gasteiger partial charge >= 0.3 is 5.97 Å². The minimum atomic E-state index is -0.498. The van der Waals surface area contributed by atoms with Crippen molar-refractivity contribution in [1.29, 1.82) is 0 Å². The van der Waals surface area contributed by atoms with Crippen LogP contribution in [0, 0.1) is 6.92 Å². The van der Waals surface area contributed by atoms with E-state index in [4.69, 9.17) is 0 Å². The molecular weight excluding hydrogens is 274 g/mol. The number of hydrogen-bond donors (Lipinski definition) is 1. The molecule has 0 amide bonds. The first-order valence-electron chi connectivity index (χ1n) is 6.94. The molecule has 20 heavy (non-hydrogen) atoms. The van der Waals surface area contributed by atoms with Gasteiger partial charge in [-0.05, 0) is 31.9 Å². The van der Waals surface area contributed by atoms with Gasteiger partial charge in [-0.1, -0.05) is 6.92 Å². The third-order valence-electron chi connectivity index (χ3n) is 3.36. The molecule has 0 bridgehead atoms. The van der Waals surface area contributed by atoms with Crippen LogP contribution in [-0.4, -0.2) is 40.1 Å². The molecule has 110 valence electrons. The molecule has 1 aliphatic rings. The number of rotatable bonds is 5. The van der Waals surface area contributed by atoms with Crippen molar-refractivity contribution in [3.8, 4) is 0 Å². The fraction of sp³-hybridized carbons (Fsp3) is 0.643. The molecule has 1 fully saturated rings. The van der Waals surface area contributed by atoms with Crippen LogP contribution in [0.25, 0.3) is 0 Å². The number of ether oxygens (including phenoxy) is 1. The van der Waals surface area contributed by atoms with Crippen LogP contribution in [0.1, 0.15) is 42.5 Å². The van der Waals surface area contributed by atoms with Gasteiger partial charge < -0.3 is 10.1 Å². The summed E-state index contributed by atoms with van der Waals surface area (Å²) in [6.45, 7) is 4.05. The lowest BCUT2D eigenvalue weighted by Gasteiger charge is -2.14. The quantitative estimate of drug-likeness (QED) is 0.843. The molecular formula is C14H21N3O2S. The molecule has 2 atom stereocenters. The minimum absolute atomic E-state index is 0.118. The van der Waals surface area contributed by atoms with E-state index in [0.29, 0.717) is 11.9 Å². The fourth-order valence-corrected chi connectivity index (χ4v) is 3.64. The Balaban J connectivity index is 2.03. The van der Waals surface area contributed by atoms with Crippen LogP contribution in [0.4, 0.5) is 5.82 Å². The molecule has 1 heterocycles. The topological polar surface area (TPSA) is 64.1 Å². The summed E-state index contributed by atoms with van der Waals surface area (Å²) in [6.07, 6.45) is 3.54. The van der Waals surface area contributed by atoms with Gasteiger partial charge in [-0.3, -0.25) is 0 Å². The molecule has 1 saturated carbocycles. The van der Waals surface area contributed by atoms with E-state index in [9.17, 15) is 4.79 Å². The number of anilines is 1. The summed E-state index contributed by atoms with van der Waals surface area (Å²) in [7, 11) is 1.34. The summed E-state index contributed by atoms with van der Waals surface area (Å²) < 4.78 is 4.67. The van der Waals surface area contributed by atoms with Crippen molar-refractivity contribution in [3.05, 3.63) is 17.6 Å². The van der Waals surface area contributed by atoms with Gasteiger partial charge in [0.15, 0.2) is 0 Å². The number of nitrogens with zero attached hydrogens (tertiary/aromatic N) is 2. The van der Waals surface area contributed by atoms with E-state index in [1.807, 2.05) is 24.8 Å². The summed E-state index contributed by atoms with van der Waals surface area (Å²) in [4.78, 5) is 19.8. The highest BCUT2D eigenvalue weighted by atomic mass is 32.2. The van der Waals surface area contributed by atoms with Crippen LogP contribution in [0.15, 0.2) is 6.07 Å². The lowest BCUT2D eigenvalue weighted by molar-refractivity contribution is 0.0586. The molecule has 0 radical (unpaired) electrons. The zero-order valence-corrected chi connectivity index (χ0v) is 13.0. The Morgan fingerprint density at radius 2 is 2.30 bits per heavy atom. The average Bonchev–Trinajstić information content (AvgIpc) is 2.85. The molecule has 6 heteroatoms. The first-order chi connectivity index (χ1) is 9.62. The Labute approximate surface area is 123 Å². The second kappa shape index (κ2) is 6.92. The largest absolute Gasteiger partial charge is 0.463 e. The first-order valence-corrected chi connectivity index (χ1v) is 7.99. The number of hydrogen-bond acceptors (Lipinski definition) is 6. The smallest absolute Gasteiger partial charge is 0.376 e. The molecule has 1 N–H and O–H groups in total. The highest BCUT2D eigenvalue weighted by Crippen LogP contribution is 2.31. The van der Waals surface area contributed by atoms with Crippen LogP contribution in [0.5, 0.6) is 0 Å². The van der Waals surface area contributed by atoms with Crippen molar-refractivity contribution in [2.75, 3.05) is 18.2 Å². The molecule has 0 aromatic carbocycles. The zero-order valence-electron chi connectivity index (χ0n) is 12.2. The molecule has 0 spiro atoms. The van der Waals surface area contributed by atoms with Gasteiger partial charge in [0.2, 0.25) is 5.82 Å². The SMILES string of the molecule is CCSC1CCC(Nc2cc(C)nc(C(=O)OC)n2)C1. The minimum Gasteiger partial charge on any atom is -0.463 e. The lowest BCUT2D eigenvalue weighted by atomic mass is 10.2. The van der Waals surface area contributed by atoms with Gasteiger partial charge in [0.05, 0.1) is 7.11 Å². The van der Waals surface area contributed by atoms with E-state index < -0.39 is 5.97 Å². The Hall–Kier alpha value is -1.30. The average molecular weight is 295 g/mol. The number of nitrogens with one attached hydrogen (secondary N) is 1. The van der Waals surface area contributed by atoms with Crippen LogP contribution < -0.4 is 5.32 Å². The maximum Gasteiger partial charge on any atom is 0.376 e. The monoisotopic (exact) mass is 295 g/mol. The number of aromatic nitrogens is 2. The number of carbonyl (C=O) groups excluding carboxylic acids is 1. The third-order valence-corrected chi connectivity index (χ3v) is 4.59. The van der Waals surface area contributed by atoms with Crippen LogP contribution in [0.2, 0.25) is 0 Å². The molecule has 2 rings (SSSR count). The number of thioether (sulfide) groups is 1. The molecule has 2 unspecified atom stereocenters. The Bertz CT molecular complexity index is 481. The normalized spacial score (nSPS) is 21.8. The van der Waals surface area contributed by atoms with Crippen molar-refractivity contribution in [1.82, 2.24) is 9.97 Å². The van der Waals surface area contributed by atoms with Crippen LogP contribution in [0.3, 0.4) is 0 Å². The summed E-state index contributed by atoms with van der Waals surface area (Å²) in [5.74, 6) is 1.50. The molecule has 1 aromatic rings. The van der Waals surface area contributed by atoms with E-state index in [1.54, 1.807) is 0 Å². The van der Waals surface area contributed by atoms with Crippen LogP contribution in [-0.2, 0) is 4.74 Å². The van der Waals surface area contributed by atoms with Gasteiger partial charge in [0.25, 0.3) is 0 Å². The van der Waals surface area contributed by atoms with E-state index in [-0.39, 0.29) is 5.82 Å². The summed E-state index contributed by atoms with van der Waals surface area (Å²) in [6, 6.07) is 2.30. The van der Waals surface area contributed by atoms with E-state index in [0.717, 1.165) is 29.5 Å². The van der Waals surface area contributed by atoms with E-state index >= 15 is 0 Å². The lowest BCUT2D eigenvalue weighted by Crippen LogP contribution is -2.19. The van der Waals surface area contributed by atoms with Crippen molar-refractivity contribution >= 4 is 23.5 Å². The highest BCUT2D eigenvalue weighted by molar-refractivity contribution is 7.99. The van der Waals surface area contributed by atoms with Gasteiger partial charge in [-0.15, -0.1) is 0 Å². The fourth-order valence-electron chi connectivity index (χ4n) is 2.49. The van der Waals surface area contributed by atoms with E-state index in [1.165, 1.54) is 13.5 Å². The maximum atomic E-state index is 11.5. The van der Waals surface area contributed by atoms with Gasteiger partial charge in [-0.2, -0.15) is 11.8 Å². The van der Waals surface area contributed by atoms with Gasteiger partial charge in [0.1, 0.15) is 5.82 Å². The highest BCUT2D eigenvalue weighted by Gasteiger charge is 2.25. The summed E-state index contributed by atoms with van der Waals surface area (Å²) in [5, 5.41) is 4.15. The van der Waals surface area contributed by atoms with Crippen molar-refractivity contribution in [2.45, 2.75) is 44.4 Å². The third kappa shape index (κ3) is 3.85. The second-order valence-corrected chi connectivity index (χ2v) is 6.52. The first kappa shape index (κ1) is 15.1. The number of carbonyl (C=O) groups is 1. The predicted molar refractivity (Wildman–Crippen MR) is 81.3 cm³/mol. The van der Waals surface area contributed by atoms with Gasteiger partial charge in [0, 0.05) is 23.1 Å². The van der Waals surface area contributed by atoms with Crippen molar-refractivity contribution < 1.29 is 9.53 Å². The standard InChI is InChI=1S/C14H21N3O2S/c1-4-20-11-6-5-10(8-11)16-12-7-9(2)15-13(17-12)14(18)19-3/h7,10-11H,4-6,8H2,1-3H3,(H,15,16,17). The van der Waals surface area contributed by atoms with Gasteiger partial charge in [-0.25, -0.2) is 14.8 Å². The summed E-state index contributed by atoms with van der Waals surface area (Å²) in [5.41, 5.74) is 0.764. The Morgan fingerprint density at radius 1 is 1.50 bits per heavy atom. The number of aryl methyl sites for hydroxylation is 1. The Kier molecular flexibility index (Phi) is 5.23. The summed E-state index contributed by atoms with van der Waals surface area (Å²) >= 11 is 2.02. The van der Waals surface area contributed by atoms with Crippen molar-refractivity contribution in [3.63, 3.8) is 0 Å². The van der Waals surface area contributed by atoms with Crippen molar-refractivity contribution in [2.24, 2.45) is 0 Å². The molecule has 1 aromatic heterocycles. The molecule has 1 aliphatic carbocycles. The van der Waals surface area contributed by atoms with Crippen LogP contribution >= 0.6 is 11.8 Å². The van der Waals surface area contributed by atoms with E-state index in [2.05, 4.69) is 26.9 Å². The molecule has 0 aliphatic heterocycles. The number of methoxy groups -OCH3 is 1. The molecule has 0 saturated heterocycles. The maximum absolute atomic E-state index is 11.5. The zero-order chi connectivity index (χ0) is 14.5. The Morgan fingerprint density at radius 3 is 3.00 bits per heavy atom. The number of esters is 1. The predicted octanol–water partition coefficient (Wildman–Crippen LogP) is 2.66. The second-order valence-electron chi connectivity index (χ2n) is 4.94.